The predicted octanol–water partition coefficient (Wildman–Crippen LogP) is 4.28. The van der Waals surface area contributed by atoms with Crippen LogP contribution in [0.3, 0.4) is 0 Å². The average Bonchev–Trinajstić information content (AvgIpc) is 2.43. The lowest BCUT2D eigenvalue weighted by atomic mass is 10.00. The number of benzene rings is 2. The van der Waals surface area contributed by atoms with Crippen LogP contribution >= 0.6 is 15.9 Å². The lowest BCUT2D eigenvalue weighted by molar-refractivity contribution is 0.103. The Morgan fingerprint density at radius 2 is 1.90 bits per heavy atom. The zero-order valence-corrected chi connectivity index (χ0v) is 12.4. The van der Waals surface area contributed by atoms with E-state index in [2.05, 4.69) is 15.9 Å². The van der Waals surface area contributed by atoms with Gasteiger partial charge in [0.05, 0.1) is 17.1 Å². The van der Waals surface area contributed by atoms with Crippen LogP contribution in [0.25, 0.3) is 0 Å². The molecule has 0 saturated heterocycles. The molecule has 2 nitrogen and oxygen atoms in total. The second-order valence-electron chi connectivity index (χ2n) is 4.23. The number of hydrogen-bond donors (Lipinski definition) is 0. The number of halogens is 3. The minimum Gasteiger partial charge on any atom is -0.496 e. The summed E-state index contributed by atoms with van der Waals surface area (Å²) < 4.78 is 33.2. The number of rotatable bonds is 3. The van der Waals surface area contributed by atoms with E-state index in [4.69, 9.17) is 4.74 Å². The summed E-state index contributed by atoms with van der Waals surface area (Å²) in [6.45, 7) is 1.48. The van der Waals surface area contributed by atoms with E-state index in [-0.39, 0.29) is 11.1 Å². The van der Waals surface area contributed by atoms with Crippen molar-refractivity contribution in [3.63, 3.8) is 0 Å². The summed E-state index contributed by atoms with van der Waals surface area (Å²) in [6.07, 6.45) is 0. The molecule has 0 aliphatic heterocycles. The van der Waals surface area contributed by atoms with Crippen LogP contribution in [0.1, 0.15) is 21.5 Å². The molecule has 20 heavy (non-hydrogen) atoms. The molecule has 0 heterocycles. The van der Waals surface area contributed by atoms with Gasteiger partial charge in [-0.3, -0.25) is 4.79 Å². The molecule has 5 heteroatoms. The smallest absolute Gasteiger partial charge is 0.198 e. The molecule has 0 saturated carbocycles. The highest BCUT2D eigenvalue weighted by atomic mass is 79.9. The molecular formula is C15H11BrF2O2. The van der Waals surface area contributed by atoms with Gasteiger partial charge in [-0.25, -0.2) is 8.78 Å². The van der Waals surface area contributed by atoms with Gasteiger partial charge >= 0.3 is 0 Å². The lowest BCUT2D eigenvalue weighted by Gasteiger charge is -2.08. The summed E-state index contributed by atoms with van der Waals surface area (Å²) in [6, 6.07) is 6.88. The van der Waals surface area contributed by atoms with E-state index >= 15 is 0 Å². The van der Waals surface area contributed by atoms with Crippen molar-refractivity contribution in [2.45, 2.75) is 6.92 Å². The highest BCUT2D eigenvalue weighted by molar-refractivity contribution is 9.10. The first-order chi connectivity index (χ1) is 9.45. The van der Waals surface area contributed by atoms with Crippen molar-refractivity contribution in [1.82, 2.24) is 0 Å². The monoisotopic (exact) mass is 340 g/mol. The highest BCUT2D eigenvalue weighted by Crippen LogP contribution is 2.28. The Hall–Kier alpha value is -1.75. The Morgan fingerprint density at radius 1 is 1.20 bits per heavy atom. The average molecular weight is 341 g/mol. The summed E-state index contributed by atoms with van der Waals surface area (Å²) in [4.78, 5) is 12.3. The van der Waals surface area contributed by atoms with E-state index in [0.29, 0.717) is 10.2 Å². The van der Waals surface area contributed by atoms with Crippen LogP contribution in [0, 0.1) is 18.6 Å². The number of ketones is 1. The van der Waals surface area contributed by atoms with Crippen LogP contribution < -0.4 is 4.74 Å². The maximum Gasteiger partial charge on any atom is 0.198 e. The molecule has 0 aromatic heterocycles. The third-order valence-electron chi connectivity index (χ3n) is 2.93. The number of hydrogen-bond acceptors (Lipinski definition) is 2. The molecule has 0 bridgehead atoms. The number of carbonyl (C=O) groups is 1. The standard InChI is InChI=1S/C15H11BrF2O2/c1-8-3-5-11(17)13(14(8)18)15(19)9-4-6-12(20-2)10(16)7-9/h3-7H,1-2H3. The molecule has 0 amide bonds. The van der Waals surface area contributed by atoms with Crippen LogP contribution in [0.4, 0.5) is 8.78 Å². The van der Waals surface area contributed by atoms with Gasteiger partial charge in [-0.1, -0.05) is 6.07 Å². The second kappa shape index (κ2) is 5.71. The molecule has 0 aliphatic carbocycles. The normalized spacial score (nSPS) is 10.4. The summed E-state index contributed by atoms with van der Waals surface area (Å²) in [7, 11) is 1.49. The third-order valence-corrected chi connectivity index (χ3v) is 3.54. The van der Waals surface area contributed by atoms with Gasteiger partial charge in [0.25, 0.3) is 0 Å². The summed E-state index contributed by atoms with van der Waals surface area (Å²) in [5.74, 6) is -1.87. The highest BCUT2D eigenvalue weighted by Gasteiger charge is 2.21. The molecule has 0 N–H and O–H groups in total. The van der Waals surface area contributed by atoms with Crippen molar-refractivity contribution in [2.24, 2.45) is 0 Å². The van der Waals surface area contributed by atoms with Gasteiger partial charge in [-0.15, -0.1) is 0 Å². The predicted molar refractivity (Wildman–Crippen MR) is 75.2 cm³/mol. The zero-order chi connectivity index (χ0) is 14.9. The Morgan fingerprint density at radius 3 is 2.50 bits per heavy atom. The summed E-state index contributed by atoms with van der Waals surface area (Å²) >= 11 is 3.23. The van der Waals surface area contributed by atoms with E-state index in [1.54, 1.807) is 6.07 Å². The largest absolute Gasteiger partial charge is 0.496 e. The quantitative estimate of drug-likeness (QED) is 0.779. The molecule has 0 atom stereocenters. The fraction of sp³-hybridized carbons (Fsp3) is 0.133. The fourth-order valence-electron chi connectivity index (χ4n) is 1.82. The van der Waals surface area contributed by atoms with Crippen molar-refractivity contribution in [1.29, 1.82) is 0 Å². The van der Waals surface area contributed by atoms with E-state index < -0.39 is 23.0 Å². The van der Waals surface area contributed by atoms with Crippen LogP contribution in [0.2, 0.25) is 0 Å². The minimum atomic E-state index is -0.870. The minimum absolute atomic E-state index is 0.182. The van der Waals surface area contributed by atoms with Crippen molar-refractivity contribution < 1.29 is 18.3 Å². The molecule has 2 rings (SSSR count). The number of methoxy groups -OCH3 is 1. The molecule has 0 unspecified atom stereocenters. The molecule has 2 aromatic carbocycles. The van der Waals surface area contributed by atoms with E-state index in [9.17, 15) is 13.6 Å². The third kappa shape index (κ3) is 2.58. The van der Waals surface area contributed by atoms with E-state index in [1.807, 2.05) is 0 Å². The number of carbonyl (C=O) groups excluding carboxylic acids is 1. The Balaban J connectivity index is 2.52. The Bertz CT molecular complexity index is 684. The van der Waals surface area contributed by atoms with Crippen LogP contribution in [0.5, 0.6) is 5.75 Å². The number of ether oxygens (including phenoxy) is 1. The number of aryl methyl sites for hydroxylation is 1. The molecule has 104 valence electrons. The van der Waals surface area contributed by atoms with Gasteiger partial charge in [-0.2, -0.15) is 0 Å². The summed E-state index contributed by atoms with van der Waals surface area (Å²) in [5, 5.41) is 0. The second-order valence-corrected chi connectivity index (χ2v) is 5.09. The first-order valence-corrected chi connectivity index (χ1v) is 6.58. The maximum atomic E-state index is 13.9. The molecular weight excluding hydrogens is 330 g/mol. The zero-order valence-electron chi connectivity index (χ0n) is 10.8. The first kappa shape index (κ1) is 14.7. The molecule has 0 fully saturated rings. The van der Waals surface area contributed by atoms with Gasteiger partial charge in [0.2, 0.25) is 0 Å². The van der Waals surface area contributed by atoms with Crippen LogP contribution in [0.15, 0.2) is 34.8 Å². The fourth-order valence-corrected chi connectivity index (χ4v) is 2.36. The van der Waals surface area contributed by atoms with Gasteiger partial charge in [-0.05, 0) is 52.7 Å². The van der Waals surface area contributed by atoms with Gasteiger partial charge in [0.15, 0.2) is 5.78 Å². The van der Waals surface area contributed by atoms with Gasteiger partial charge in [0.1, 0.15) is 17.4 Å². The molecule has 0 spiro atoms. The van der Waals surface area contributed by atoms with E-state index in [0.717, 1.165) is 6.07 Å². The van der Waals surface area contributed by atoms with Crippen molar-refractivity contribution >= 4 is 21.7 Å². The Labute approximate surface area is 123 Å². The van der Waals surface area contributed by atoms with Crippen molar-refractivity contribution in [2.75, 3.05) is 7.11 Å². The van der Waals surface area contributed by atoms with Crippen LogP contribution in [-0.4, -0.2) is 12.9 Å². The topological polar surface area (TPSA) is 26.3 Å². The molecule has 0 radical (unpaired) electrons. The molecule has 2 aromatic rings. The van der Waals surface area contributed by atoms with Crippen molar-refractivity contribution in [3.8, 4) is 5.75 Å². The van der Waals surface area contributed by atoms with Gasteiger partial charge < -0.3 is 4.74 Å². The summed E-state index contributed by atoms with van der Waals surface area (Å²) in [5.41, 5.74) is -0.134. The maximum absolute atomic E-state index is 13.9. The SMILES string of the molecule is COc1ccc(C(=O)c2c(F)ccc(C)c2F)cc1Br. The van der Waals surface area contributed by atoms with Gasteiger partial charge in [0, 0.05) is 5.56 Å². The van der Waals surface area contributed by atoms with E-state index in [1.165, 1.54) is 32.2 Å². The molecule has 0 aliphatic rings. The lowest BCUT2D eigenvalue weighted by Crippen LogP contribution is -2.09. The van der Waals surface area contributed by atoms with Crippen LogP contribution in [-0.2, 0) is 0 Å². The van der Waals surface area contributed by atoms with Crippen molar-refractivity contribution in [3.05, 3.63) is 63.1 Å². The Kier molecular flexibility index (Phi) is 4.18. The first-order valence-electron chi connectivity index (χ1n) is 5.78.